The second-order valence-corrected chi connectivity index (χ2v) is 4.46. The molecule has 0 aliphatic carbocycles. The van der Waals surface area contributed by atoms with Crippen LogP contribution in [0.2, 0.25) is 5.02 Å². The van der Waals surface area contributed by atoms with Crippen LogP contribution >= 0.6 is 11.6 Å². The highest BCUT2D eigenvalue weighted by Gasteiger charge is 2.16. The molecule has 1 unspecified atom stereocenters. The maximum Gasteiger partial charge on any atom is 0.308 e. The topological polar surface area (TPSA) is 75.6 Å². The molecule has 0 aromatic heterocycles. The van der Waals surface area contributed by atoms with Crippen molar-refractivity contribution in [3.05, 3.63) is 28.8 Å². The highest BCUT2D eigenvalue weighted by molar-refractivity contribution is 6.30. The van der Waals surface area contributed by atoms with Crippen LogP contribution in [0.3, 0.4) is 0 Å². The van der Waals surface area contributed by atoms with E-state index in [9.17, 15) is 9.59 Å². The Bertz CT molecular complexity index is 476. The van der Waals surface area contributed by atoms with Crippen molar-refractivity contribution in [2.75, 3.05) is 13.2 Å². The Morgan fingerprint density at radius 3 is 2.74 bits per heavy atom. The highest BCUT2D eigenvalue weighted by Crippen LogP contribution is 2.23. The van der Waals surface area contributed by atoms with Crippen molar-refractivity contribution in [1.82, 2.24) is 5.32 Å². The number of amides is 1. The van der Waals surface area contributed by atoms with Crippen LogP contribution in [0.1, 0.15) is 24.2 Å². The Hall–Kier alpha value is -1.75. The summed E-state index contributed by atoms with van der Waals surface area (Å²) >= 11 is 5.84. The molecule has 6 heteroatoms. The van der Waals surface area contributed by atoms with Crippen molar-refractivity contribution in [1.29, 1.82) is 0 Å². The molecule has 0 spiro atoms. The first-order chi connectivity index (χ1) is 8.95. The van der Waals surface area contributed by atoms with Crippen LogP contribution in [0.15, 0.2) is 18.2 Å². The van der Waals surface area contributed by atoms with Gasteiger partial charge >= 0.3 is 5.97 Å². The Kier molecular flexibility index (Phi) is 5.63. The van der Waals surface area contributed by atoms with Crippen LogP contribution in [-0.4, -0.2) is 30.1 Å². The van der Waals surface area contributed by atoms with E-state index in [0.717, 1.165) is 0 Å². The van der Waals surface area contributed by atoms with Crippen molar-refractivity contribution < 1.29 is 19.4 Å². The highest BCUT2D eigenvalue weighted by atomic mass is 35.5. The zero-order valence-electron chi connectivity index (χ0n) is 10.8. The third kappa shape index (κ3) is 4.44. The number of rotatable bonds is 6. The van der Waals surface area contributed by atoms with Crippen molar-refractivity contribution in [2.24, 2.45) is 5.92 Å². The number of carboxylic acids is 1. The number of halogens is 1. The van der Waals surface area contributed by atoms with E-state index in [0.29, 0.717) is 22.9 Å². The summed E-state index contributed by atoms with van der Waals surface area (Å²) in [5.41, 5.74) is 0.337. The molecule has 0 saturated carbocycles. The summed E-state index contributed by atoms with van der Waals surface area (Å²) in [6.07, 6.45) is 0. The average Bonchev–Trinajstić information content (AvgIpc) is 2.36. The number of hydrogen-bond acceptors (Lipinski definition) is 3. The third-order valence-electron chi connectivity index (χ3n) is 2.48. The molecular formula is C13H16ClNO4. The predicted molar refractivity (Wildman–Crippen MR) is 71.8 cm³/mol. The van der Waals surface area contributed by atoms with Crippen molar-refractivity contribution in [3.63, 3.8) is 0 Å². The molecule has 0 radical (unpaired) electrons. The SMILES string of the molecule is CCOc1cc(Cl)ccc1C(=O)NCC(C)C(=O)O. The maximum absolute atomic E-state index is 12.0. The Morgan fingerprint density at radius 1 is 1.47 bits per heavy atom. The van der Waals surface area contributed by atoms with Gasteiger partial charge in [-0.25, -0.2) is 0 Å². The lowest BCUT2D eigenvalue weighted by molar-refractivity contribution is -0.140. The van der Waals surface area contributed by atoms with Crippen LogP contribution in [0.25, 0.3) is 0 Å². The predicted octanol–water partition coefficient (Wildman–Crippen LogP) is 2.19. The van der Waals surface area contributed by atoms with Gasteiger partial charge in [0, 0.05) is 11.6 Å². The standard InChI is InChI=1S/C13H16ClNO4/c1-3-19-11-6-9(14)4-5-10(11)12(16)15-7-8(2)13(17)18/h4-6,8H,3,7H2,1-2H3,(H,15,16)(H,17,18). The lowest BCUT2D eigenvalue weighted by atomic mass is 10.1. The van der Waals surface area contributed by atoms with Gasteiger partial charge in [0.1, 0.15) is 5.75 Å². The van der Waals surface area contributed by atoms with E-state index in [1.165, 1.54) is 6.92 Å². The summed E-state index contributed by atoms with van der Waals surface area (Å²) < 4.78 is 5.33. The molecule has 1 atom stereocenters. The summed E-state index contributed by atoms with van der Waals surface area (Å²) in [5, 5.41) is 11.8. The molecule has 1 aromatic carbocycles. The molecule has 2 N–H and O–H groups in total. The molecule has 5 nitrogen and oxygen atoms in total. The number of nitrogens with one attached hydrogen (secondary N) is 1. The smallest absolute Gasteiger partial charge is 0.308 e. The van der Waals surface area contributed by atoms with Gasteiger partial charge in [-0.1, -0.05) is 18.5 Å². The molecule has 1 aromatic rings. The summed E-state index contributed by atoms with van der Waals surface area (Å²) in [7, 11) is 0. The largest absolute Gasteiger partial charge is 0.493 e. The van der Waals surface area contributed by atoms with Gasteiger partial charge in [0.05, 0.1) is 18.1 Å². The molecule has 0 saturated heterocycles. The monoisotopic (exact) mass is 285 g/mol. The van der Waals surface area contributed by atoms with Crippen molar-refractivity contribution >= 4 is 23.5 Å². The number of carbonyl (C=O) groups is 2. The Labute approximate surface area is 116 Å². The molecule has 0 heterocycles. The second-order valence-electron chi connectivity index (χ2n) is 4.02. The molecule has 1 rings (SSSR count). The van der Waals surface area contributed by atoms with E-state index < -0.39 is 11.9 Å². The fourth-order valence-corrected chi connectivity index (χ4v) is 1.55. The first-order valence-corrected chi connectivity index (χ1v) is 6.26. The average molecular weight is 286 g/mol. The van der Waals surface area contributed by atoms with Crippen LogP contribution in [0.4, 0.5) is 0 Å². The minimum atomic E-state index is -0.957. The summed E-state index contributed by atoms with van der Waals surface area (Å²) in [6, 6.07) is 4.69. The van der Waals surface area contributed by atoms with Crippen LogP contribution in [-0.2, 0) is 4.79 Å². The Morgan fingerprint density at radius 2 is 2.16 bits per heavy atom. The maximum atomic E-state index is 12.0. The number of carbonyl (C=O) groups excluding carboxylic acids is 1. The minimum Gasteiger partial charge on any atom is -0.493 e. The number of benzene rings is 1. The van der Waals surface area contributed by atoms with E-state index >= 15 is 0 Å². The van der Waals surface area contributed by atoms with E-state index in [2.05, 4.69) is 5.32 Å². The first-order valence-electron chi connectivity index (χ1n) is 5.89. The lowest BCUT2D eigenvalue weighted by Gasteiger charge is -2.12. The molecule has 0 aliphatic rings. The molecule has 0 fully saturated rings. The van der Waals surface area contributed by atoms with E-state index in [1.807, 2.05) is 0 Å². The number of ether oxygens (including phenoxy) is 1. The fourth-order valence-electron chi connectivity index (χ4n) is 1.39. The van der Waals surface area contributed by atoms with Gasteiger partial charge in [-0.2, -0.15) is 0 Å². The summed E-state index contributed by atoms with van der Waals surface area (Å²) in [6.45, 7) is 3.79. The molecule has 1 amide bonds. The van der Waals surface area contributed by atoms with Crippen LogP contribution in [0, 0.1) is 5.92 Å². The molecular weight excluding hydrogens is 270 g/mol. The van der Waals surface area contributed by atoms with Gasteiger partial charge in [0.2, 0.25) is 0 Å². The number of aliphatic carboxylic acids is 1. The van der Waals surface area contributed by atoms with Gasteiger partial charge in [-0.05, 0) is 25.1 Å². The summed E-state index contributed by atoms with van der Waals surface area (Å²) in [5.74, 6) is -1.60. The number of carboxylic acid groups (broad SMARTS) is 1. The zero-order chi connectivity index (χ0) is 14.4. The van der Waals surface area contributed by atoms with E-state index in [-0.39, 0.29) is 12.5 Å². The van der Waals surface area contributed by atoms with Crippen molar-refractivity contribution in [3.8, 4) is 5.75 Å². The lowest BCUT2D eigenvalue weighted by Crippen LogP contribution is -2.31. The van der Waals surface area contributed by atoms with Gasteiger partial charge in [-0.15, -0.1) is 0 Å². The minimum absolute atomic E-state index is 0.0579. The number of hydrogen-bond donors (Lipinski definition) is 2. The van der Waals surface area contributed by atoms with E-state index in [1.54, 1.807) is 25.1 Å². The molecule has 104 valence electrons. The van der Waals surface area contributed by atoms with Crippen LogP contribution in [0.5, 0.6) is 5.75 Å². The normalized spacial score (nSPS) is 11.7. The molecule has 19 heavy (non-hydrogen) atoms. The second kappa shape index (κ2) is 6.99. The zero-order valence-corrected chi connectivity index (χ0v) is 11.5. The van der Waals surface area contributed by atoms with Gasteiger partial charge in [0.15, 0.2) is 0 Å². The molecule has 0 aliphatic heterocycles. The fraction of sp³-hybridized carbons (Fsp3) is 0.385. The van der Waals surface area contributed by atoms with Gasteiger partial charge in [0.25, 0.3) is 5.91 Å². The Balaban J connectivity index is 2.78. The van der Waals surface area contributed by atoms with E-state index in [4.69, 9.17) is 21.4 Å². The first kappa shape index (κ1) is 15.3. The van der Waals surface area contributed by atoms with Gasteiger partial charge < -0.3 is 15.2 Å². The summed E-state index contributed by atoms with van der Waals surface area (Å²) in [4.78, 5) is 22.6. The van der Waals surface area contributed by atoms with Crippen LogP contribution < -0.4 is 10.1 Å². The molecule has 0 bridgehead atoms. The van der Waals surface area contributed by atoms with Gasteiger partial charge in [-0.3, -0.25) is 9.59 Å². The third-order valence-corrected chi connectivity index (χ3v) is 2.71. The quantitative estimate of drug-likeness (QED) is 0.840. The van der Waals surface area contributed by atoms with Crippen molar-refractivity contribution in [2.45, 2.75) is 13.8 Å².